The largest absolute Gasteiger partial charge is 0.493 e. The lowest BCUT2D eigenvalue weighted by Gasteiger charge is -2.21. The van der Waals surface area contributed by atoms with Gasteiger partial charge in [-0.3, -0.25) is 0 Å². The van der Waals surface area contributed by atoms with Crippen molar-refractivity contribution in [1.29, 1.82) is 0 Å². The third-order valence-electron chi connectivity index (χ3n) is 3.63. The van der Waals surface area contributed by atoms with E-state index in [4.69, 9.17) is 4.74 Å². The third kappa shape index (κ3) is 2.81. The van der Waals surface area contributed by atoms with E-state index in [9.17, 15) is 5.11 Å². The molecule has 17 heavy (non-hydrogen) atoms. The van der Waals surface area contributed by atoms with Gasteiger partial charge in [0.25, 0.3) is 0 Å². The van der Waals surface area contributed by atoms with E-state index in [0.29, 0.717) is 12.5 Å². The Bertz CT molecular complexity index is 367. The van der Waals surface area contributed by atoms with Gasteiger partial charge < -0.3 is 9.84 Å². The first-order valence-electron chi connectivity index (χ1n) is 6.63. The molecule has 1 aromatic rings. The van der Waals surface area contributed by atoms with Crippen molar-refractivity contribution >= 4 is 0 Å². The summed E-state index contributed by atoms with van der Waals surface area (Å²) in [6.07, 6.45) is 4.41. The molecular weight excluding hydrogens is 212 g/mol. The minimum atomic E-state index is -0.362. The Morgan fingerprint density at radius 1 is 1.35 bits per heavy atom. The number of aryl methyl sites for hydroxylation is 1. The van der Waals surface area contributed by atoms with Crippen LogP contribution in [0.4, 0.5) is 0 Å². The van der Waals surface area contributed by atoms with Gasteiger partial charge in [-0.2, -0.15) is 0 Å². The summed E-state index contributed by atoms with van der Waals surface area (Å²) in [6.45, 7) is 4.68. The number of aliphatic hydroxyl groups is 1. The van der Waals surface area contributed by atoms with Crippen LogP contribution in [-0.4, -0.2) is 11.7 Å². The summed E-state index contributed by atoms with van der Waals surface area (Å²) in [5, 5.41) is 10.5. The number of hydrogen-bond donors (Lipinski definition) is 1. The van der Waals surface area contributed by atoms with Crippen LogP contribution in [-0.2, 0) is 0 Å². The predicted molar refractivity (Wildman–Crippen MR) is 69.3 cm³/mol. The Kier molecular flexibility index (Phi) is 4.06. The van der Waals surface area contributed by atoms with Gasteiger partial charge in [0.2, 0.25) is 0 Å². The second-order valence-electron chi connectivity index (χ2n) is 4.96. The first-order chi connectivity index (χ1) is 8.22. The van der Waals surface area contributed by atoms with E-state index in [2.05, 4.69) is 13.0 Å². The molecule has 1 N–H and O–H groups in total. The maximum Gasteiger partial charge on any atom is 0.125 e. The Hall–Kier alpha value is -1.02. The number of benzene rings is 1. The van der Waals surface area contributed by atoms with E-state index in [1.165, 1.54) is 18.4 Å². The highest BCUT2D eigenvalue weighted by atomic mass is 16.5. The molecule has 1 saturated carbocycles. The SMILES string of the molecule is CCOc1ccc(C)cc1C(O)C1CCCC1. The van der Waals surface area contributed by atoms with Gasteiger partial charge in [0, 0.05) is 5.56 Å². The summed E-state index contributed by atoms with van der Waals surface area (Å²) in [6, 6.07) is 6.08. The number of ether oxygens (including phenoxy) is 1. The molecule has 1 aliphatic rings. The zero-order valence-corrected chi connectivity index (χ0v) is 10.8. The summed E-state index contributed by atoms with van der Waals surface area (Å²) in [5.41, 5.74) is 2.15. The van der Waals surface area contributed by atoms with Gasteiger partial charge in [0.05, 0.1) is 12.7 Å². The van der Waals surface area contributed by atoms with Crippen LogP contribution >= 0.6 is 0 Å². The molecule has 1 aromatic carbocycles. The molecule has 0 aromatic heterocycles. The Morgan fingerprint density at radius 2 is 2.06 bits per heavy atom. The van der Waals surface area contributed by atoms with Crippen LogP contribution in [0.5, 0.6) is 5.75 Å². The van der Waals surface area contributed by atoms with Crippen LogP contribution in [0.25, 0.3) is 0 Å². The van der Waals surface area contributed by atoms with Gasteiger partial charge in [-0.05, 0) is 44.7 Å². The summed E-state index contributed by atoms with van der Waals surface area (Å²) < 4.78 is 5.61. The van der Waals surface area contributed by atoms with Crippen molar-refractivity contribution < 1.29 is 9.84 Å². The maximum absolute atomic E-state index is 10.5. The van der Waals surface area contributed by atoms with Gasteiger partial charge >= 0.3 is 0 Å². The number of hydrogen-bond acceptors (Lipinski definition) is 2. The van der Waals surface area contributed by atoms with E-state index in [1.54, 1.807) is 0 Å². The smallest absolute Gasteiger partial charge is 0.125 e. The first-order valence-corrected chi connectivity index (χ1v) is 6.63. The molecule has 0 bridgehead atoms. The molecule has 0 saturated heterocycles. The second-order valence-corrected chi connectivity index (χ2v) is 4.96. The summed E-state index contributed by atoms with van der Waals surface area (Å²) >= 11 is 0. The average molecular weight is 234 g/mol. The molecule has 0 radical (unpaired) electrons. The molecule has 0 heterocycles. The average Bonchev–Trinajstić information content (AvgIpc) is 2.84. The van der Waals surface area contributed by atoms with Gasteiger partial charge in [-0.15, -0.1) is 0 Å². The Labute approximate surface area is 104 Å². The fraction of sp³-hybridized carbons (Fsp3) is 0.600. The lowest BCUT2D eigenvalue weighted by molar-refractivity contribution is 0.108. The zero-order valence-electron chi connectivity index (χ0n) is 10.8. The molecule has 1 unspecified atom stereocenters. The first kappa shape index (κ1) is 12.4. The topological polar surface area (TPSA) is 29.5 Å². The van der Waals surface area contributed by atoms with Gasteiger partial charge in [0.15, 0.2) is 0 Å². The highest BCUT2D eigenvalue weighted by molar-refractivity contribution is 5.38. The third-order valence-corrected chi connectivity index (χ3v) is 3.63. The van der Waals surface area contributed by atoms with Crippen molar-refractivity contribution in [3.8, 4) is 5.75 Å². The van der Waals surface area contributed by atoms with Crippen molar-refractivity contribution in [2.45, 2.75) is 45.6 Å². The quantitative estimate of drug-likeness (QED) is 0.862. The summed E-state index contributed by atoms with van der Waals surface area (Å²) in [4.78, 5) is 0. The van der Waals surface area contributed by atoms with Gasteiger partial charge in [-0.25, -0.2) is 0 Å². The Morgan fingerprint density at radius 3 is 2.71 bits per heavy atom. The van der Waals surface area contributed by atoms with E-state index >= 15 is 0 Å². The highest BCUT2D eigenvalue weighted by Gasteiger charge is 2.26. The lowest BCUT2D eigenvalue weighted by atomic mass is 9.93. The van der Waals surface area contributed by atoms with Crippen LogP contribution in [0.15, 0.2) is 18.2 Å². The van der Waals surface area contributed by atoms with E-state index in [0.717, 1.165) is 24.2 Å². The van der Waals surface area contributed by atoms with Gasteiger partial charge in [0.1, 0.15) is 5.75 Å². The van der Waals surface area contributed by atoms with Crippen molar-refractivity contribution in [1.82, 2.24) is 0 Å². The van der Waals surface area contributed by atoms with Crippen LogP contribution in [0.1, 0.15) is 49.8 Å². The molecule has 0 amide bonds. The fourth-order valence-electron chi connectivity index (χ4n) is 2.71. The molecule has 1 atom stereocenters. The second kappa shape index (κ2) is 5.54. The Balaban J connectivity index is 2.24. The fourth-order valence-corrected chi connectivity index (χ4v) is 2.71. The molecule has 0 spiro atoms. The summed E-state index contributed by atoms with van der Waals surface area (Å²) in [7, 11) is 0. The molecular formula is C15H22O2. The normalized spacial score (nSPS) is 18.3. The molecule has 1 fully saturated rings. The van der Waals surface area contributed by atoms with Crippen molar-refractivity contribution in [2.75, 3.05) is 6.61 Å². The van der Waals surface area contributed by atoms with Crippen molar-refractivity contribution in [2.24, 2.45) is 5.92 Å². The van der Waals surface area contributed by atoms with E-state index in [-0.39, 0.29) is 6.10 Å². The minimum absolute atomic E-state index is 0.362. The molecule has 0 aliphatic heterocycles. The van der Waals surface area contributed by atoms with Crippen LogP contribution in [0.3, 0.4) is 0 Å². The van der Waals surface area contributed by atoms with Crippen LogP contribution in [0.2, 0.25) is 0 Å². The van der Waals surface area contributed by atoms with Crippen molar-refractivity contribution in [3.05, 3.63) is 29.3 Å². The number of aliphatic hydroxyl groups excluding tert-OH is 1. The summed E-state index contributed by atoms with van der Waals surface area (Å²) in [5.74, 6) is 1.26. The predicted octanol–water partition coefficient (Wildman–Crippen LogP) is 3.62. The molecule has 2 nitrogen and oxygen atoms in total. The molecule has 2 rings (SSSR count). The minimum Gasteiger partial charge on any atom is -0.493 e. The number of rotatable bonds is 4. The molecule has 94 valence electrons. The van der Waals surface area contributed by atoms with E-state index in [1.807, 2.05) is 19.1 Å². The molecule has 2 heteroatoms. The maximum atomic E-state index is 10.5. The van der Waals surface area contributed by atoms with Crippen LogP contribution in [0, 0.1) is 12.8 Å². The zero-order chi connectivity index (χ0) is 12.3. The lowest BCUT2D eigenvalue weighted by Crippen LogP contribution is -2.11. The van der Waals surface area contributed by atoms with Gasteiger partial charge in [-0.1, -0.05) is 24.5 Å². The standard InChI is InChI=1S/C15H22O2/c1-3-17-14-9-8-11(2)10-13(14)15(16)12-6-4-5-7-12/h8-10,12,15-16H,3-7H2,1-2H3. The highest BCUT2D eigenvalue weighted by Crippen LogP contribution is 2.39. The van der Waals surface area contributed by atoms with Crippen LogP contribution < -0.4 is 4.74 Å². The van der Waals surface area contributed by atoms with E-state index < -0.39 is 0 Å². The monoisotopic (exact) mass is 234 g/mol. The molecule has 1 aliphatic carbocycles. The van der Waals surface area contributed by atoms with Crippen molar-refractivity contribution in [3.63, 3.8) is 0 Å².